The molecule has 36 heavy (non-hydrogen) atoms. The Kier molecular flexibility index (Phi) is 5.90. The first kappa shape index (κ1) is 23.7. The quantitative estimate of drug-likeness (QED) is 0.402. The number of fused-ring (bicyclic) bond motifs is 2. The maximum absolute atomic E-state index is 13.4. The zero-order chi connectivity index (χ0) is 25.1. The van der Waals surface area contributed by atoms with Gasteiger partial charge in [0.25, 0.3) is 0 Å². The number of carbonyl (C=O) groups excluding carboxylic acids is 3. The van der Waals surface area contributed by atoms with Crippen LogP contribution in [0.3, 0.4) is 0 Å². The summed E-state index contributed by atoms with van der Waals surface area (Å²) in [5.41, 5.74) is 7.47. The zero-order valence-electron chi connectivity index (χ0n) is 19.1. The molecule has 5 unspecified atom stereocenters. The minimum absolute atomic E-state index is 0.0284. The molecule has 1 aliphatic carbocycles. The molecule has 0 saturated carbocycles. The standard InChI is InChI=1S/C25H24BrN3O6S/c26-14-9-17-16(34-11-35-17)8-13(14)10-28-15-7-12(3-1-5-30)19(22(28)18-4-2-6-36-18)21-20(15)23(31)29(24(21)32)25(27)33/h2,4,6-9,15,19-22,30H,1,3,5,10-11H2,(H2,27,33). The lowest BCUT2D eigenvalue weighted by molar-refractivity contribution is -0.136. The Hall–Kier alpha value is -2.73. The third kappa shape index (κ3) is 3.52. The summed E-state index contributed by atoms with van der Waals surface area (Å²) in [6.45, 7) is 0.671. The normalized spacial score (nSPS) is 28.6. The van der Waals surface area contributed by atoms with Crippen molar-refractivity contribution in [2.45, 2.75) is 31.5 Å². The van der Waals surface area contributed by atoms with Crippen LogP contribution in [0.1, 0.15) is 29.3 Å². The molecule has 1 aromatic carbocycles. The maximum atomic E-state index is 13.4. The summed E-state index contributed by atoms with van der Waals surface area (Å²) in [4.78, 5) is 42.9. The lowest BCUT2D eigenvalue weighted by Gasteiger charge is -2.54. The fourth-order valence-corrected chi connectivity index (χ4v) is 7.58. The molecule has 2 aromatic rings. The molecular weight excluding hydrogens is 550 g/mol. The fraction of sp³-hybridized carbons (Fsp3) is 0.400. The number of piperidine rings is 1. The molecule has 9 nitrogen and oxygen atoms in total. The average molecular weight is 574 g/mol. The number of hydrogen-bond donors (Lipinski definition) is 2. The molecule has 11 heteroatoms. The third-order valence-electron chi connectivity index (χ3n) is 7.62. The van der Waals surface area contributed by atoms with Crippen molar-refractivity contribution >= 4 is 45.1 Å². The maximum Gasteiger partial charge on any atom is 0.328 e. The second-order valence-electron chi connectivity index (χ2n) is 9.42. The van der Waals surface area contributed by atoms with Gasteiger partial charge in [0.1, 0.15) is 0 Å². The van der Waals surface area contributed by atoms with Gasteiger partial charge in [-0.05, 0) is 42.0 Å². The highest BCUT2D eigenvalue weighted by atomic mass is 79.9. The molecule has 4 amide bonds. The van der Waals surface area contributed by atoms with Gasteiger partial charge in [0, 0.05) is 34.5 Å². The SMILES string of the molecule is NC(=O)N1C(=O)C2C(C1=O)C1C=C(CCCO)C2C(c2cccs2)N1Cc1cc2c(cc1Br)OCO2. The van der Waals surface area contributed by atoms with Gasteiger partial charge in [0.05, 0.1) is 17.9 Å². The number of nitrogens with two attached hydrogens (primary N) is 1. The van der Waals surface area contributed by atoms with Crippen LogP contribution in [0.2, 0.25) is 0 Å². The highest BCUT2D eigenvalue weighted by molar-refractivity contribution is 9.10. The number of benzene rings is 1. The van der Waals surface area contributed by atoms with E-state index < -0.39 is 35.7 Å². The summed E-state index contributed by atoms with van der Waals surface area (Å²) < 4.78 is 11.9. The number of halogens is 1. The molecule has 2 fully saturated rings. The molecule has 3 N–H and O–H groups in total. The Bertz CT molecular complexity index is 1280. The van der Waals surface area contributed by atoms with E-state index in [1.54, 1.807) is 11.3 Å². The highest BCUT2D eigenvalue weighted by Gasteiger charge is 2.64. The van der Waals surface area contributed by atoms with Crippen LogP contribution in [0.15, 0.2) is 45.8 Å². The Morgan fingerprint density at radius 2 is 1.92 bits per heavy atom. The Balaban J connectivity index is 1.47. The van der Waals surface area contributed by atoms with E-state index in [9.17, 15) is 19.5 Å². The predicted octanol–water partition coefficient (Wildman–Crippen LogP) is 3.17. The first-order valence-corrected chi connectivity index (χ1v) is 13.4. The van der Waals surface area contributed by atoms with Crippen molar-refractivity contribution < 1.29 is 29.0 Å². The summed E-state index contributed by atoms with van der Waals surface area (Å²) in [6, 6.07) is 6.20. The fourth-order valence-electron chi connectivity index (χ4n) is 6.24. The number of rotatable bonds is 6. The van der Waals surface area contributed by atoms with Crippen molar-refractivity contribution in [2.75, 3.05) is 13.4 Å². The molecule has 0 radical (unpaired) electrons. The van der Waals surface area contributed by atoms with Crippen LogP contribution in [0.5, 0.6) is 11.5 Å². The van der Waals surface area contributed by atoms with Gasteiger partial charge in [-0.15, -0.1) is 11.3 Å². The number of aliphatic hydroxyl groups excluding tert-OH is 1. The first-order valence-electron chi connectivity index (χ1n) is 11.8. The van der Waals surface area contributed by atoms with Crippen LogP contribution in [0.25, 0.3) is 0 Å². The third-order valence-corrected chi connectivity index (χ3v) is 9.30. The number of hydrogen-bond acceptors (Lipinski definition) is 8. The molecule has 188 valence electrons. The largest absolute Gasteiger partial charge is 0.454 e. The van der Waals surface area contributed by atoms with Crippen molar-refractivity contribution in [3.05, 3.63) is 56.2 Å². The summed E-state index contributed by atoms with van der Waals surface area (Å²) in [5.74, 6) is -1.42. The number of likely N-dealkylation sites (tertiary alicyclic amines) is 1. The Morgan fingerprint density at radius 1 is 1.17 bits per heavy atom. The van der Waals surface area contributed by atoms with E-state index in [1.807, 2.05) is 29.6 Å². The number of carbonyl (C=O) groups is 3. The minimum atomic E-state index is -1.03. The highest BCUT2D eigenvalue weighted by Crippen LogP contribution is 2.58. The molecule has 7 rings (SSSR count). The van der Waals surface area contributed by atoms with E-state index in [2.05, 4.69) is 26.9 Å². The van der Waals surface area contributed by atoms with Crippen LogP contribution in [0.4, 0.5) is 4.79 Å². The van der Waals surface area contributed by atoms with Gasteiger partial charge in [-0.25, -0.2) is 4.79 Å². The van der Waals surface area contributed by atoms with E-state index in [1.165, 1.54) is 0 Å². The Morgan fingerprint density at radius 3 is 2.61 bits per heavy atom. The summed E-state index contributed by atoms with van der Waals surface area (Å²) >= 11 is 5.26. The van der Waals surface area contributed by atoms with E-state index in [0.29, 0.717) is 35.8 Å². The predicted molar refractivity (Wildman–Crippen MR) is 133 cm³/mol. The van der Waals surface area contributed by atoms with E-state index in [0.717, 1.165) is 20.5 Å². The second-order valence-corrected chi connectivity index (χ2v) is 11.2. The number of thiophene rings is 1. The van der Waals surface area contributed by atoms with Gasteiger partial charge >= 0.3 is 6.03 Å². The molecule has 1 aromatic heterocycles. The van der Waals surface area contributed by atoms with Gasteiger partial charge in [-0.1, -0.05) is 33.6 Å². The van der Waals surface area contributed by atoms with E-state index in [4.69, 9.17) is 15.2 Å². The molecule has 2 saturated heterocycles. The van der Waals surface area contributed by atoms with Gasteiger partial charge in [-0.3, -0.25) is 14.5 Å². The molecule has 4 aliphatic heterocycles. The topological polar surface area (TPSA) is 122 Å². The summed E-state index contributed by atoms with van der Waals surface area (Å²) in [6.07, 6.45) is 3.24. The van der Waals surface area contributed by atoms with Crippen LogP contribution in [0, 0.1) is 17.8 Å². The smallest absolute Gasteiger partial charge is 0.328 e. The van der Waals surface area contributed by atoms with E-state index in [-0.39, 0.29) is 25.4 Å². The lowest BCUT2D eigenvalue weighted by Crippen LogP contribution is -2.58. The van der Waals surface area contributed by atoms with Gasteiger partial charge in [-0.2, -0.15) is 4.90 Å². The number of urea groups is 1. The van der Waals surface area contributed by atoms with E-state index >= 15 is 0 Å². The molecule has 5 aliphatic rings. The van der Waals surface area contributed by atoms with Gasteiger partial charge < -0.3 is 20.3 Å². The van der Waals surface area contributed by atoms with Crippen LogP contribution < -0.4 is 15.2 Å². The van der Waals surface area contributed by atoms with Crippen molar-refractivity contribution in [1.82, 2.24) is 9.80 Å². The Labute approximate surface area is 219 Å². The van der Waals surface area contributed by atoms with Crippen LogP contribution >= 0.6 is 27.3 Å². The van der Waals surface area contributed by atoms with Gasteiger partial charge in [0.15, 0.2) is 11.5 Å². The zero-order valence-corrected chi connectivity index (χ0v) is 21.5. The van der Waals surface area contributed by atoms with Crippen molar-refractivity contribution in [3.8, 4) is 11.5 Å². The summed E-state index contributed by atoms with van der Waals surface area (Å²) in [7, 11) is 0. The van der Waals surface area contributed by atoms with Crippen molar-refractivity contribution in [3.63, 3.8) is 0 Å². The number of amides is 4. The van der Waals surface area contributed by atoms with Crippen LogP contribution in [-0.2, 0) is 16.1 Å². The van der Waals surface area contributed by atoms with Gasteiger partial charge in [0.2, 0.25) is 18.6 Å². The number of primary amides is 1. The molecule has 5 atom stereocenters. The number of ether oxygens (including phenoxy) is 2. The molecule has 2 bridgehead atoms. The summed E-state index contributed by atoms with van der Waals surface area (Å²) in [5, 5.41) is 11.5. The number of nitrogens with zero attached hydrogens (tertiary/aromatic N) is 2. The van der Waals surface area contributed by atoms with Crippen molar-refractivity contribution in [2.24, 2.45) is 23.5 Å². The monoisotopic (exact) mass is 573 g/mol. The van der Waals surface area contributed by atoms with Crippen molar-refractivity contribution in [1.29, 1.82) is 0 Å². The minimum Gasteiger partial charge on any atom is -0.454 e. The molecule has 0 spiro atoms. The molecular formula is C25H24BrN3O6S. The number of imide groups is 3. The second kappa shape index (κ2) is 8.98. The average Bonchev–Trinajstić information content (AvgIpc) is 3.59. The molecule has 5 heterocycles. The van der Waals surface area contributed by atoms with Crippen LogP contribution in [-0.4, -0.2) is 52.2 Å². The first-order chi connectivity index (χ1) is 17.4. The number of aliphatic hydroxyl groups is 1. The lowest BCUT2D eigenvalue weighted by atomic mass is 9.62.